The van der Waals surface area contributed by atoms with Crippen LogP contribution < -0.4 is 10.1 Å². The molecule has 1 amide bonds. The molecule has 4 rings (SSSR count). The van der Waals surface area contributed by atoms with Gasteiger partial charge in [-0.3, -0.25) is 14.7 Å². The molecule has 3 aromatic rings. The number of aromatic nitrogens is 1. The molecule has 2 aromatic carbocycles. The summed E-state index contributed by atoms with van der Waals surface area (Å²) in [6.45, 7) is 4.77. The third-order valence-electron chi connectivity index (χ3n) is 5.27. The van der Waals surface area contributed by atoms with E-state index >= 15 is 0 Å². The van der Waals surface area contributed by atoms with Gasteiger partial charge < -0.3 is 15.2 Å². The van der Waals surface area contributed by atoms with Gasteiger partial charge in [0.1, 0.15) is 17.4 Å². The number of nitrogens with zero attached hydrogens (tertiary/aromatic N) is 2. The van der Waals surface area contributed by atoms with Crippen LogP contribution in [0.5, 0.6) is 5.75 Å². The summed E-state index contributed by atoms with van der Waals surface area (Å²) >= 11 is 0. The maximum Gasteiger partial charge on any atom is 0.262 e. The Bertz CT molecular complexity index is 991. The van der Waals surface area contributed by atoms with E-state index in [1.165, 1.54) is 11.1 Å². The minimum absolute atomic E-state index is 0.278. The molecule has 1 aromatic heterocycles. The molecule has 2 N–H and O–H groups in total. The van der Waals surface area contributed by atoms with Gasteiger partial charge in [-0.2, -0.15) is 0 Å². The number of aliphatic hydroxyl groups is 1. The lowest BCUT2D eigenvalue weighted by Crippen LogP contribution is -2.54. The zero-order chi connectivity index (χ0) is 20.4. The summed E-state index contributed by atoms with van der Waals surface area (Å²) < 4.78 is 5.92. The fourth-order valence-corrected chi connectivity index (χ4v) is 3.75. The average Bonchev–Trinajstić information content (AvgIpc) is 3.15. The molecule has 2 heterocycles. The van der Waals surface area contributed by atoms with Crippen LogP contribution in [0.4, 0.5) is 0 Å². The molecule has 0 fully saturated rings. The Morgan fingerprint density at radius 2 is 1.76 bits per heavy atom. The lowest BCUT2D eigenvalue weighted by molar-refractivity contribution is -0.131. The minimum Gasteiger partial charge on any atom is -0.479 e. The topological polar surface area (TPSA) is 74.7 Å². The molecular weight excluding hydrogens is 366 g/mol. The fourth-order valence-electron chi connectivity index (χ4n) is 3.75. The Hall–Kier alpha value is -2.96. The molecule has 0 saturated carbocycles. The predicted octanol–water partition coefficient (Wildman–Crippen LogP) is 2.84. The van der Waals surface area contributed by atoms with E-state index in [2.05, 4.69) is 27.3 Å². The highest BCUT2D eigenvalue weighted by atomic mass is 16.5. The Kier molecular flexibility index (Phi) is 5.47. The van der Waals surface area contributed by atoms with Gasteiger partial charge in [0.15, 0.2) is 6.10 Å². The summed E-state index contributed by atoms with van der Waals surface area (Å²) in [6.07, 6.45) is -0.242. The van der Waals surface area contributed by atoms with Crippen molar-refractivity contribution in [1.82, 2.24) is 15.2 Å². The van der Waals surface area contributed by atoms with E-state index in [1.54, 1.807) is 20.0 Å². The van der Waals surface area contributed by atoms with Crippen molar-refractivity contribution in [1.29, 1.82) is 0 Å². The Morgan fingerprint density at radius 3 is 2.45 bits per heavy atom. The van der Waals surface area contributed by atoms with Crippen LogP contribution in [0.1, 0.15) is 25.0 Å². The molecule has 6 nitrogen and oxygen atoms in total. The van der Waals surface area contributed by atoms with Crippen molar-refractivity contribution in [2.45, 2.75) is 45.3 Å². The fraction of sp³-hybridized carbons (Fsp3) is 0.304. The van der Waals surface area contributed by atoms with Crippen LogP contribution >= 0.6 is 0 Å². The van der Waals surface area contributed by atoms with Gasteiger partial charge in [0.25, 0.3) is 5.91 Å². The molecule has 6 heteroatoms. The normalized spacial score (nSPS) is 16.8. The first-order valence-electron chi connectivity index (χ1n) is 9.82. The van der Waals surface area contributed by atoms with Crippen LogP contribution in [0.25, 0.3) is 10.9 Å². The predicted molar refractivity (Wildman–Crippen MR) is 111 cm³/mol. The number of amides is 1. The zero-order valence-corrected chi connectivity index (χ0v) is 16.6. The van der Waals surface area contributed by atoms with Crippen molar-refractivity contribution in [3.63, 3.8) is 0 Å². The first-order valence-corrected chi connectivity index (χ1v) is 9.82. The van der Waals surface area contributed by atoms with Crippen LogP contribution in [0.3, 0.4) is 0 Å². The number of ether oxygens (including phenoxy) is 1. The highest BCUT2D eigenvalue weighted by molar-refractivity contribution is 5.85. The molecular formula is C23H25N3O3. The number of carbonyl (C=O) groups is 1. The number of hydrogen-bond acceptors (Lipinski definition) is 5. The quantitative estimate of drug-likeness (QED) is 0.676. The van der Waals surface area contributed by atoms with Crippen molar-refractivity contribution < 1.29 is 14.6 Å². The van der Waals surface area contributed by atoms with Gasteiger partial charge in [-0.15, -0.1) is 0 Å². The summed E-state index contributed by atoms with van der Waals surface area (Å²) in [5, 5.41) is 14.2. The summed E-state index contributed by atoms with van der Waals surface area (Å²) in [4.78, 5) is 19.3. The number of carbonyl (C=O) groups excluding carboxylic acids is 1. The van der Waals surface area contributed by atoms with Crippen molar-refractivity contribution in [3.8, 4) is 5.75 Å². The largest absolute Gasteiger partial charge is 0.479 e. The molecule has 3 atom stereocenters. The summed E-state index contributed by atoms with van der Waals surface area (Å²) in [5.41, 5.74) is 3.16. The number of pyridine rings is 1. The van der Waals surface area contributed by atoms with E-state index in [-0.39, 0.29) is 5.91 Å². The van der Waals surface area contributed by atoms with E-state index in [0.29, 0.717) is 18.8 Å². The van der Waals surface area contributed by atoms with Gasteiger partial charge in [0.05, 0.1) is 6.10 Å². The Morgan fingerprint density at radius 1 is 1.07 bits per heavy atom. The van der Waals surface area contributed by atoms with E-state index in [9.17, 15) is 9.90 Å². The molecule has 0 spiro atoms. The number of aliphatic hydroxyl groups excluding tert-OH is 1. The molecule has 1 unspecified atom stereocenters. The van der Waals surface area contributed by atoms with E-state index in [4.69, 9.17) is 4.74 Å². The van der Waals surface area contributed by atoms with E-state index in [1.807, 2.05) is 42.5 Å². The molecule has 1 aliphatic heterocycles. The second-order valence-corrected chi connectivity index (χ2v) is 7.46. The third-order valence-corrected chi connectivity index (χ3v) is 5.27. The molecule has 150 valence electrons. The lowest BCUT2D eigenvalue weighted by atomic mass is 10.1. The molecule has 0 aliphatic carbocycles. The smallest absolute Gasteiger partial charge is 0.262 e. The standard InChI is InChI=1S/C23H25N3O3/c1-15(27)22(26-13-18-7-3-4-8-19(18)14-26)25-23(28)16(2)29-20-11-5-9-17-10-6-12-24-21(17)20/h3-12,15-16,22,27H,13-14H2,1-2H3,(H,25,28)/t15-,16+,22?/m0/s1. The monoisotopic (exact) mass is 391 g/mol. The van der Waals surface area contributed by atoms with Crippen molar-refractivity contribution in [2.24, 2.45) is 0 Å². The van der Waals surface area contributed by atoms with Gasteiger partial charge >= 0.3 is 0 Å². The SMILES string of the molecule is C[C@H](O)C(NC(=O)[C@@H](C)Oc1cccc2cccnc12)N1Cc2ccccc2C1. The average molecular weight is 391 g/mol. The number of fused-ring (bicyclic) bond motifs is 2. The van der Waals surface area contributed by atoms with Crippen LogP contribution in [-0.2, 0) is 17.9 Å². The van der Waals surface area contributed by atoms with Crippen LogP contribution in [0.2, 0.25) is 0 Å². The van der Waals surface area contributed by atoms with Crippen LogP contribution in [0.15, 0.2) is 60.8 Å². The number of benzene rings is 2. The Labute approximate surface area is 170 Å². The van der Waals surface area contributed by atoms with Crippen molar-refractivity contribution in [3.05, 3.63) is 71.9 Å². The number of para-hydroxylation sites is 1. The maximum atomic E-state index is 12.8. The number of nitrogens with one attached hydrogen (secondary N) is 1. The molecule has 29 heavy (non-hydrogen) atoms. The summed E-state index contributed by atoms with van der Waals surface area (Å²) in [6, 6.07) is 17.6. The zero-order valence-electron chi connectivity index (χ0n) is 16.6. The highest BCUT2D eigenvalue weighted by Gasteiger charge is 2.31. The van der Waals surface area contributed by atoms with Gasteiger partial charge in [-0.25, -0.2) is 0 Å². The van der Waals surface area contributed by atoms with Gasteiger partial charge in [-0.05, 0) is 37.1 Å². The van der Waals surface area contributed by atoms with Gasteiger partial charge in [0, 0.05) is 24.7 Å². The van der Waals surface area contributed by atoms with E-state index < -0.39 is 18.4 Å². The third kappa shape index (κ3) is 4.09. The maximum absolute atomic E-state index is 12.8. The first kappa shape index (κ1) is 19.4. The van der Waals surface area contributed by atoms with E-state index in [0.717, 1.165) is 10.9 Å². The van der Waals surface area contributed by atoms with Crippen molar-refractivity contribution >= 4 is 16.8 Å². The Balaban J connectivity index is 1.45. The number of rotatable bonds is 6. The van der Waals surface area contributed by atoms with Crippen LogP contribution in [0, 0.1) is 0 Å². The molecule has 1 aliphatic rings. The minimum atomic E-state index is -0.728. The van der Waals surface area contributed by atoms with Crippen molar-refractivity contribution in [2.75, 3.05) is 0 Å². The summed E-state index contributed by atoms with van der Waals surface area (Å²) in [5.74, 6) is 0.285. The number of hydrogen-bond donors (Lipinski definition) is 2. The van der Waals surface area contributed by atoms with Gasteiger partial charge in [0.2, 0.25) is 0 Å². The molecule has 0 saturated heterocycles. The highest BCUT2D eigenvalue weighted by Crippen LogP contribution is 2.26. The molecule has 0 radical (unpaired) electrons. The second kappa shape index (κ2) is 8.19. The first-order chi connectivity index (χ1) is 14.0. The van der Waals surface area contributed by atoms with Gasteiger partial charge in [-0.1, -0.05) is 42.5 Å². The lowest BCUT2D eigenvalue weighted by Gasteiger charge is -2.31. The van der Waals surface area contributed by atoms with Crippen LogP contribution in [-0.4, -0.2) is 39.3 Å². The molecule has 0 bridgehead atoms. The second-order valence-electron chi connectivity index (χ2n) is 7.46. The summed E-state index contributed by atoms with van der Waals surface area (Å²) in [7, 11) is 0.